The summed E-state index contributed by atoms with van der Waals surface area (Å²) in [5, 5.41) is 9.20. The number of aromatic nitrogens is 1. The maximum atomic E-state index is 11.2. The van der Waals surface area contributed by atoms with Gasteiger partial charge in [-0.15, -0.1) is 0 Å². The molecule has 1 heterocycles. The van der Waals surface area contributed by atoms with Crippen molar-refractivity contribution in [2.24, 2.45) is 0 Å². The normalized spacial score (nSPS) is 10.7. The highest BCUT2D eigenvalue weighted by atomic mass is 16.4. The number of rotatable bonds is 5. The van der Waals surface area contributed by atoms with E-state index in [2.05, 4.69) is 35.9 Å². The number of benzene rings is 1. The molecule has 4 nitrogen and oxygen atoms in total. The molecule has 4 heteroatoms. The van der Waals surface area contributed by atoms with Crippen molar-refractivity contribution in [2.75, 3.05) is 4.90 Å². The van der Waals surface area contributed by atoms with Gasteiger partial charge < -0.3 is 10.0 Å². The zero-order chi connectivity index (χ0) is 15.4. The van der Waals surface area contributed by atoms with E-state index in [4.69, 9.17) is 0 Å². The van der Waals surface area contributed by atoms with Crippen LogP contribution in [-0.4, -0.2) is 22.1 Å². The summed E-state index contributed by atoms with van der Waals surface area (Å²) in [4.78, 5) is 17.8. The van der Waals surface area contributed by atoms with E-state index in [1.807, 2.05) is 25.1 Å². The molecule has 0 fully saturated rings. The molecule has 0 aliphatic heterocycles. The Hall–Kier alpha value is -2.36. The fourth-order valence-corrected chi connectivity index (χ4v) is 2.23. The first-order valence-corrected chi connectivity index (χ1v) is 7.00. The number of aromatic carboxylic acids is 1. The van der Waals surface area contributed by atoms with Gasteiger partial charge in [0.05, 0.1) is 5.56 Å². The number of hydrogen-bond donors (Lipinski definition) is 1. The molecule has 0 aliphatic rings. The van der Waals surface area contributed by atoms with Crippen molar-refractivity contribution in [1.29, 1.82) is 0 Å². The molecule has 0 saturated heterocycles. The second-order valence-corrected chi connectivity index (χ2v) is 5.37. The largest absolute Gasteiger partial charge is 0.478 e. The first-order valence-electron chi connectivity index (χ1n) is 7.00. The van der Waals surface area contributed by atoms with E-state index in [-0.39, 0.29) is 11.6 Å². The third kappa shape index (κ3) is 3.81. The second-order valence-electron chi connectivity index (χ2n) is 5.37. The summed E-state index contributed by atoms with van der Waals surface area (Å²) in [7, 11) is 0. The van der Waals surface area contributed by atoms with Gasteiger partial charge in [-0.25, -0.2) is 9.78 Å². The van der Waals surface area contributed by atoms with E-state index in [0.29, 0.717) is 18.1 Å². The topological polar surface area (TPSA) is 53.4 Å². The number of nitrogens with zero attached hydrogens (tertiary/aromatic N) is 2. The Bertz CT molecular complexity index is 624. The van der Waals surface area contributed by atoms with E-state index in [9.17, 15) is 9.90 Å². The summed E-state index contributed by atoms with van der Waals surface area (Å²) in [6, 6.07) is 13.6. The Morgan fingerprint density at radius 3 is 2.48 bits per heavy atom. The van der Waals surface area contributed by atoms with Crippen molar-refractivity contribution >= 4 is 11.8 Å². The van der Waals surface area contributed by atoms with Crippen LogP contribution in [0.1, 0.15) is 35.5 Å². The number of carboxylic acids is 1. The lowest BCUT2D eigenvalue weighted by Crippen LogP contribution is -2.31. The molecule has 2 aromatic rings. The Morgan fingerprint density at radius 2 is 1.90 bits per heavy atom. The average Bonchev–Trinajstić information content (AvgIpc) is 2.44. The predicted molar refractivity (Wildman–Crippen MR) is 83.7 cm³/mol. The lowest BCUT2D eigenvalue weighted by atomic mass is 10.1. The lowest BCUT2D eigenvalue weighted by Gasteiger charge is -2.28. The lowest BCUT2D eigenvalue weighted by molar-refractivity contribution is 0.0696. The number of carboxylic acid groups (broad SMARTS) is 1. The van der Waals surface area contributed by atoms with Gasteiger partial charge in [0.15, 0.2) is 0 Å². The van der Waals surface area contributed by atoms with Crippen LogP contribution < -0.4 is 4.90 Å². The molecule has 0 atom stereocenters. The summed E-state index contributed by atoms with van der Waals surface area (Å²) in [6.07, 6.45) is 0. The molecule has 1 N–H and O–H groups in total. The molecule has 0 bridgehead atoms. The molecular formula is C17H20N2O2. The molecular weight excluding hydrogens is 264 g/mol. The highest BCUT2D eigenvalue weighted by Gasteiger charge is 2.15. The van der Waals surface area contributed by atoms with Crippen LogP contribution in [0.4, 0.5) is 5.82 Å². The van der Waals surface area contributed by atoms with Crippen molar-refractivity contribution in [1.82, 2.24) is 4.98 Å². The molecule has 110 valence electrons. The van der Waals surface area contributed by atoms with Crippen molar-refractivity contribution in [3.05, 3.63) is 59.3 Å². The van der Waals surface area contributed by atoms with Crippen molar-refractivity contribution in [2.45, 2.75) is 33.4 Å². The van der Waals surface area contributed by atoms with Crippen molar-refractivity contribution < 1.29 is 9.90 Å². The molecule has 0 unspecified atom stereocenters. The molecule has 1 aromatic carbocycles. The summed E-state index contributed by atoms with van der Waals surface area (Å²) in [5.41, 5.74) is 2.16. The Labute approximate surface area is 125 Å². The highest BCUT2D eigenvalue weighted by Crippen LogP contribution is 2.20. The maximum Gasteiger partial charge on any atom is 0.335 e. The number of carbonyl (C=O) groups is 1. The number of anilines is 1. The van der Waals surface area contributed by atoms with Crippen LogP contribution in [0.25, 0.3) is 0 Å². The summed E-state index contributed by atoms with van der Waals surface area (Å²) >= 11 is 0. The number of hydrogen-bond acceptors (Lipinski definition) is 3. The van der Waals surface area contributed by atoms with Crippen LogP contribution in [0.5, 0.6) is 0 Å². The molecule has 21 heavy (non-hydrogen) atoms. The van der Waals surface area contributed by atoms with E-state index >= 15 is 0 Å². The van der Waals surface area contributed by atoms with Crippen LogP contribution in [-0.2, 0) is 6.54 Å². The van der Waals surface area contributed by atoms with Gasteiger partial charge in [0.25, 0.3) is 0 Å². The van der Waals surface area contributed by atoms with E-state index in [0.717, 1.165) is 0 Å². The first-order chi connectivity index (χ1) is 9.97. The van der Waals surface area contributed by atoms with Gasteiger partial charge in [0.1, 0.15) is 5.82 Å². The van der Waals surface area contributed by atoms with E-state index in [1.54, 1.807) is 12.1 Å². The number of aryl methyl sites for hydroxylation is 1. The molecule has 2 rings (SSSR count). The minimum Gasteiger partial charge on any atom is -0.478 e. The predicted octanol–water partition coefficient (Wildman–Crippen LogP) is 3.50. The molecule has 0 saturated carbocycles. The van der Waals surface area contributed by atoms with Gasteiger partial charge in [0, 0.05) is 18.3 Å². The summed E-state index contributed by atoms with van der Waals surface area (Å²) < 4.78 is 0. The standard InChI is InChI=1S/C17H20N2O2/c1-12(2)19(11-14-7-5-4-6-8-14)16-10-15(17(20)21)9-13(3)18-16/h4-10,12H,11H2,1-3H3,(H,20,21). The van der Waals surface area contributed by atoms with Crippen molar-refractivity contribution in [3.8, 4) is 0 Å². The molecule has 0 spiro atoms. The summed E-state index contributed by atoms with van der Waals surface area (Å²) in [6.45, 7) is 6.67. The minimum atomic E-state index is -0.926. The first kappa shape index (κ1) is 15.0. The maximum absolute atomic E-state index is 11.2. The van der Waals surface area contributed by atoms with Crippen LogP contribution in [0.2, 0.25) is 0 Å². The van der Waals surface area contributed by atoms with Crippen LogP contribution >= 0.6 is 0 Å². The molecule has 0 radical (unpaired) electrons. The molecule has 0 amide bonds. The molecule has 0 aliphatic carbocycles. The summed E-state index contributed by atoms with van der Waals surface area (Å²) in [5.74, 6) is -0.226. The van der Waals surface area contributed by atoms with Gasteiger partial charge in [-0.3, -0.25) is 0 Å². The monoisotopic (exact) mass is 284 g/mol. The zero-order valence-corrected chi connectivity index (χ0v) is 12.6. The van der Waals surface area contributed by atoms with Crippen LogP contribution in [0.15, 0.2) is 42.5 Å². The van der Waals surface area contributed by atoms with Crippen molar-refractivity contribution in [3.63, 3.8) is 0 Å². The SMILES string of the molecule is Cc1cc(C(=O)O)cc(N(Cc2ccccc2)C(C)C)n1. The van der Waals surface area contributed by atoms with Gasteiger partial charge >= 0.3 is 5.97 Å². The number of pyridine rings is 1. The van der Waals surface area contributed by atoms with Gasteiger partial charge in [-0.2, -0.15) is 0 Å². The van der Waals surface area contributed by atoms with Gasteiger partial charge in [-0.1, -0.05) is 30.3 Å². The van der Waals surface area contributed by atoms with E-state index in [1.165, 1.54) is 5.56 Å². The third-order valence-corrected chi connectivity index (χ3v) is 3.30. The highest BCUT2D eigenvalue weighted by molar-refractivity contribution is 5.88. The minimum absolute atomic E-state index is 0.223. The Balaban J connectivity index is 2.36. The second kappa shape index (κ2) is 6.39. The zero-order valence-electron chi connectivity index (χ0n) is 12.6. The van der Waals surface area contributed by atoms with E-state index < -0.39 is 5.97 Å². The fourth-order valence-electron chi connectivity index (χ4n) is 2.23. The quantitative estimate of drug-likeness (QED) is 0.913. The average molecular weight is 284 g/mol. The van der Waals surface area contributed by atoms with Gasteiger partial charge in [-0.05, 0) is 38.5 Å². The fraction of sp³-hybridized carbons (Fsp3) is 0.294. The Kier molecular flexibility index (Phi) is 4.58. The Morgan fingerprint density at radius 1 is 1.24 bits per heavy atom. The third-order valence-electron chi connectivity index (χ3n) is 3.30. The molecule has 1 aromatic heterocycles. The van der Waals surface area contributed by atoms with Gasteiger partial charge in [0.2, 0.25) is 0 Å². The smallest absolute Gasteiger partial charge is 0.335 e. The van der Waals surface area contributed by atoms with Crippen LogP contribution in [0, 0.1) is 6.92 Å². The van der Waals surface area contributed by atoms with Crippen LogP contribution in [0.3, 0.4) is 0 Å².